The second kappa shape index (κ2) is 7.19. The molecular weight excluding hydrogens is 358 g/mol. The van der Waals surface area contributed by atoms with Gasteiger partial charge in [-0.2, -0.15) is 0 Å². The third-order valence-electron chi connectivity index (χ3n) is 3.33. The minimum atomic E-state index is -3.74. The van der Waals surface area contributed by atoms with Crippen LogP contribution in [-0.2, 0) is 10.0 Å². The van der Waals surface area contributed by atoms with E-state index in [2.05, 4.69) is 9.71 Å². The van der Waals surface area contributed by atoms with E-state index in [1.807, 2.05) is 0 Å². The second-order valence-electron chi connectivity index (χ2n) is 5.17. The lowest BCUT2D eigenvalue weighted by atomic mass is 10.3. The molecule has 3 rings (SSSR count). The van der Waals surface area contributed by atoms with Gasteiger partial charge in [0.2, 0.25) is 0 Å². The molecule has 1 aromatic heterocycles. The summed E-state index contributed by atoms with van der Waals surface area (Å²) < 4.78 is 32.6. The van der Waals surface area contributed by atoms with Crippen molar-refractivity contribution < 1.29 is 18.1 Å². The first-order valence-electron chi connectivity index (χ1n) is 7.39. The highest BCUT2D eigenvalue weighted by molar-refractivity contribution is 7.92. The Bertz CT molecular complexity index is 1000. The maximum Gasteiger partial charge on any atom is 0.269 e. The van der Waals surface area contributed by atoms with Crippen molar-refractivity contribution in [2.24, 2.45) is 0 Å². The number of anilines is 1. The Hall–Kier alpha value is -3.46. The number of rotatable bonds is 6. The van der Waals surface area contributed by atoms with E-state index >= 15 is 0 Å². The van der Waals surface area contributed by atoms with Gasteiger partial charge in [0.25, 0.3) is 15.7 Å². The predicted molar refractivity (Wildman–Crippen MR) is 94.7 cm³/mol. The third-order valence-corrected chi connectivity index (χ3v) is 4.73. The van der Waals surface area contributed by atoms with E-state index < -0.39 is 14.9 Å². The highest BCUT2D eigenvalue weighted by atomic mass is 32.2. The molecule has 0 spiro atoms. The summed E-state index contributed by atoms with van der Waals surface area (Å²) in [6, 6.07) is 14.6. The SMILES string of the molecule is O=[N+]([O-])c1ccc(Oc2ccc(S(=O)(=O)Nc3cccnc3)cc2)cc1. The summed E-state index contributed by atoms with van der Waals surface area (Å²) in [5.74, 6) is 0.805. The van der Waals surface area contributed by atoms with Gasteiger partial charge in [-0.1, -0.05) is 0 Å². The molecule has 0 fully saturated rings. The molecule has 0 radical (unpaired) electrons. The predicted octanol–water partition coefficient (Wildman–Crippen LogP) is 3.58. The van der Waals surface area contributed by atoms with Crippen LogP contribution in [0.4, 0.5) is 11.4 Å². The number of benzene rings is 2. The number of aromatic nitrogens is 1. The molecule has 3 aromatic rings. The lowest BCUT2D eigenvalue weighted by molar-refractivity contribution is -0.384. The Morgan fingerprint density at radius 1 is 0.962 bits per heavy atom. The van der Waals surface area contributed by atoms with Gasteiger partial charge in [-0.3, -0.25) is 19.8 Å². The molecule has 0 saturated carbocycles. The molecule has 0 aliphatic carbocycles. The summed E-state index contributed by atoms with van der Waals surface area (Å²) in [7, 11) is -3.74. The Morgan fingerprint density at radius 3 is 2.12 bits per heavy atom. The fourth-order valence-corrected chi connectivity index (χ4v) is 3.14. The summed E-state index contributed by atoms with van der Waals surface area (Å²) in [6.07, 6.45) is 2.95. The maximum absolute atomic E-state index is 12.3. The topological polar surface area (TPSA) is 111 Å². The van der Waals surface area contributed by atoms with Gasteiger partial charge in [0.05, 0.1) is 21.7 Å². The molecule has 0 amide bonds. The molecule has 2 aromatic carbocycles. The summed E-state index contributed by atoms with van der Waals surface area (Å²) in [5, 5.41) is 10.6. The molecule has 26 heavy (non-hydrogen) atoms. The summed E-state index contributed by atoms with van der Waals surface area (Å²) in [6.45, 7) is 0. The molecule has 9 heteroatoms. The first-order valence-corrected chi connectivity index (χ1v) is 8.87. The van der Waals surface area contributed by atoms with Crippen LogP contribution in [0.25, 0.3) is 0 Å². The van der Waals surface area contributed by atoms with E-state index in [-0.39, 0.29) is 10.6 Å². The Morgan fingerprint density at radius 2 is 1.58 bits per heavy atom. The number of hydrogen-bond donors (Lipinski definition) is 1. The monoisotopic (exact) mass is 371 g/mol. The van der Waals surface area contributed by atoms with Crippen molar-refractivity contribution in [1.29, 1.82) is 0 Å². The zero-order valence-electron chi connectivity index (χ0n) is 13.3. The van der Waals surface area contributed by atoms with Gasteiger partial charge in [0.15, 0.2) is 0 Å². The van der Waals surface area contributed by atoms with Crippen LogP contribution in [0.2, 0.25) is 0 Å². The zero-order valence-corrected chi connectivity index (χ0v) is 14.1. The number of nitrogens with one attached hydrogen (secondary N) is 1. The number of nitro groups is 1. The van der Waals surface area contributed by atoms with E-state index in [9.17, 15) is 18.5 Å². The molecule has 0 bridgehead atoms. The molecule has 0 atom stereocenters. The van der Waals surface area contributed by atoms with Gasteiger partial charge in [-0.05, 0) is 48.5 Å². The first kappa shape index (κ1) is 17.4. The van der Waals surface area contributed by atoms with Crippen LogP contribution >= 0.6 is 0 Å². The first-order chi connectivity index (χ1) is 12.4. The Balaban J connectivity index is 1.72. The van der Waals surface area contributed by atoms with Crippen LogP contribution in [0.1, 0.15) is 0 Å². The summed E-state index contributed by atoms with van der Waals surface area (Å²) in [5.41, 5.74) is 0.318. The minimum absolute atomic E-state index is 0.0414. The summed E-state index contributed by atoms with van der Waals surface area (Å²) in [4.78, 5) is 14.0. The Labute approximate surface area is 149 Å². The average Bonchev–Trinajstić information content (AvgIpc) is 2.63. The van der Waals surface area contributed by atoms with Gasteiger partial charge in [0, 0.05) is 18.3 Å². The lowest BCUT2D eigenvalue weighted by Crippen LogP contribution is -2.12. The maximum atomic E-state index is 12.3. The minimum Gasteiger partial charge on any atom is -0.457 e. The van der Waals surface area contributed by atoms with Crippen LogP contribution < -0.4 is 9.46 Å². The molecule has 0 aliphatic heterocycles. The quantitative estimate of drug-likeness (QED) is 0.523. The van der Waals surface area contributed by atoms with Crippen LogP contribution in [0.5, 0.6) is 11.5 Å². The van der Waals surface area contributed by atoms with Crippen molar-refractivity contribution in [1.82, 2.24) is 4.98 Å². The van der Waals surface area contributed by atoms with E-state index in [1.54, 1.807) is 18.3 Å². The number of pyridine rings is 1. The van der Waals surface area contributed by atoms with Crippen molar-refractivity contribution in [2.75, 3.05) is 4.72 Å². The molecule has 1 N–H and O–H groups in total. The van der Waals surface area contributed by atoms with Crippen LogP contribution in [-0.4, -0.2) is 18.3 Å². The highest BCUT2D eigenvalue weighted by Gasteiger charge is 2.14. The van der Waals surface area contributed by atoms with Crippen LogP contribution in [0, 0.1) is 10.1 Å². The van der Waals surface area contributed by atoms with Crippen LogP contribution in [0.15, 0.2) is 78.0 Å². The van der Waals surface area contributed by atoms with Crippen molar-refractivity contribution in [3.05, 3.63) is 83.2 Å². The number of non-ortho nitro benzene ring substituents is 1. The normalized spacial score (nSPS) is 10.9. The smallest absolute Gasteiger partial charge is 0.269 e. The lowest BCUT2D eigenvalue weighted by Gasteiger charge is -2.09. The molecule has 132 valence electrons. The highest BCUT2D eigenvalue weighted by Crippen LogP contribution is 2.25. The van der Waals surface area contributed by atoms with E-state index in [0.717, 1.165) is 0 Å². The van der Waals surface area contributed by atoms with Crippen LogP contribution in [0.3, 0.4) is 0 Å². The van der Waals surface area contributed by atoms with E-state index in [0.29, 0.717) is 17.2 Å². The van der Waals surface area contributed by atoms with Crippen molar-refractivity contribution in [3.8, 4) is 11.5 Å². The number of nitro benzene ring substituents is 1. The van der Waals surface area contributed by atoms with E-state index in [4.69, 9.17) is 4.74 Å². The molecular formula is C17H13N3O5S. The molecule has 8 nitrogen and oxygen atoms in total. The standard InChI is InChI=1S/C17H13N3O5S/c21-20(22)14-3-5-15(6-4-14)25-16-7-9-17(10-8-16)26(23,24)19-13-2-1-11-18-12-13/h1-12,19H. The van der Waals surface area contributed by atoms with Gasteiger partial charge >= 0.3 is 0 Å². The number of ether oxygens (including phenoxy) is 1. The largest absolute Gasteiger partial charge is 0.457 e. The number of hydrogen-bond acceptors (Lipinski definition) is 6. The number of nitrogens with zero attached hydrogens (tertiary/aromatic N) is 2. The van der Waals surface area contributed by atoms with Crippen molar-refractivity contribution >= 4 is 21.4 Å². The van der Waals surface area contributed by atoms with Crippen molar-refractivity contribution in [3.63, 3.8) is 0 Å². The van der Waals surface area contributed by atoms with Crippen molar-refractivity contribution in [2.45, 2.75) is 4.90 Å². The number of sulfonamides is 1. The fraction of sp³-hybridized carbons (Fsp3) is 0. The molecule has 1 heterocycles. The fourth-order valence-electron chi connectivity index (χ4n) is 2.10. The second-order valence-corrected chi connectivity index (χ2v) is 6.85. The molecule has 0 saturated heterocycles. The van der Waals surface area contributed by atoms with Gasteiger partial charge < -0.3 is 4.74 Å². The van der Waals surface area contributed by atoms with E-state index in [1.165, 1.54) is 54.7 Å². The zero-order chi connectivity index (χ0) is 18.6. The molecule has 0 unspecified atom stereocenters. The molecule has 0 aliphatic rings. The van der Waals surface area contributed by atoms with Gasteiger partial charge in [0.1, 0.15) is 11.5 Å². The summed E-state index contributed by atoms with van der Waals surface area (Å²) >= 11 is 0. The van der Waals surface area contributed by atoms with Gasteiger partial charge in [-0.15, -0.1) is 0 Å². The van der Waals surface area contributed by atoms with Gasteiger partial charge in [-0.25, -0.2) is 8.42 Å². The Kier molecular flexibility index (Phi) is 4.81. The average molecular weight is 371 g/mol. The third kappa shape index (κ3) is 4.14.